The van der Waals surface area contributed by atoms with Crippen LogP contribution in [0.25, 0.3) is 5.69 Å². The van der Waals surface area contributed by atoms with Crippen LogP contribution in [0.5, 0.6) is 0 Å². The van der Waals surface area contributed by atoms with E-state index in [2.05, 4.69) is 10.4 Å². The van der Waals surface area contributed by atoms with Crippen molar-refractivity contribution in [2.45, 2.75) is 6.10 Å². The largest absolute Gasteiger partial charge is 0.387 e. The van der Waals surface area contributed by atoms with Crippen LogP contribution in [-0.2, 0) is 0 Å². The number of hydrogen-bond acceptors (Lipinski definition) is 3. The molecule has 0 bridgehead atoms. The Kier molecular flexibility index (Phi) is 3.78. The summed E-state index contributed by atoms with van der Waals surface area (Å²) in [5, 5.41) is 17.4. The molecule has 0 aliphatic heterocycles. The van der Waals surface area contributed by atoms with Gasteiger partial charge in [-0.3, -0.25) is 0 Å². The Hall–Kier alpha value is -1.36. The quantitative estimate of drug-likeness (QED) is 0.871. The van der Waals surface area contributed by atoms with Crippen molar-refractivity contribution < 1.29 is 5.11 Å². The van der Waals surface area contributed by atoms with E-state index in [0.717, 1.165) is 11.3 Å². The van der Waals surface area contributed by atoms with E-state index >= 15 is 0 Å². The molecule has 2 rings (SSSR count). The van der Waals surface area contributed by atoms with Crippen LogP contribution in [0.2, 0.25) is 5.02 Å². The van der Waals surface area contributed by atoms with E-state index < -0.39 is 6.10 Å². The lowest BCUT2D eigenvalue weighted by atomic mass is 10.1. The van der Waals surface area contributed by atoms with Crippen LogP contribution in [0.1, 0.15) is 11.7 Å². The molecule has 0 saturated heterocycles. The minimum absolute atomic E-state index is 0.497. The molecule has 1 aromatic carbocycles. The first kappa shape index (κ1) is 12.1. The highest BCUT2D eigenvalue weighted by atomic mass is 35.5. The van der Waals surface area contributed by atoms with Crippen LogP contribution in [0.4, 0.5) is 0 Å². The molecule has 0 spiro atoms. The van der Waals surface area contributed by atoms with Crippen molar-refractivity contribution in [2.24, 2.45) is 0 Å². The van der Waals surface area contributed by atoms with Crippen LogP contribution >= 0.6 is 11.6 Å². The van der Waals surface area contributed by atoms with Gasteiger partial charge in [0.25, 0.3) is 0 Å². The van der Waals surface area contributed by atoms with Crippen molar-refractivity contribution in [3.63, 3.8) is 0 Å². The number of aliphatic hydroxyl groups excluding tert-OH is 1. The maximum Gasteiger partial charge on any atom is 0.0914 e. The van der Waals surface area contributed by atoms with E-state index in [1.165, 1.54) is 0 Å². The number of likely N-dealkylation sites (N-methyl/N-ethyl adjacent to an activating group) is 1. The van der Waals surface area contributed by atoms with Gasteiger partial charge in [0.2, 0.25) is 0 Å². The Labute approximate surface area is 105 Å². The summed E-state index contributed by atoms with van der Waals surface area (Å²) in [4.78, 5) is 0. The molecule has 0 amide bonds. The summed E-state index contributed by atoms with van der Waals surface area (Å²) < 4.78 is 1.69. The number of nitrogens with one attached hydrogen (secondary N) is 1. The van der Waals surface area contributed by atoms with E-state index in [9.17, 15) is 5.11 Å². The van der Waals surface area contributed by atoms with Gasteiger partial charge >= 0.3 is 0 Å². The fourth-order valence-corrected chi connectivity index (χ4v) is 1.91. The van der Waals surface area contributed by atoms with Crippen LogP contribution < -0.4 is 5.32 Å². The van der Waals surface area contributed by atoms with Gasteiger partial charge in [0, 0.05) is 18.9 Å². The molecule has 0 saturated carbocycles. The molecule has 17 heavy (non-hydrogen) atoms. The molecule has 2 N–H and O–H groups in total. The highest BCUT2D eigenvalue weighted by Gasteiger charge is 2.10. The molecule has 2 aromatic rings. The Morgan fingerprint density at radius 3 is 2.94 bits per heavy atom. The molecule has 90 valence electrons. The first-order chi connectivity index (χ1) is 8.22. The first-order valence-corrected chi connectivity index (χ1v) is 5.72. The Balaban J connectivity index is 2.29. The highest BCUT2D eigenvalue weighted by Crippen LogP contribution is 2.24. The average Bonchev–Trinajstić information content (AvgIpc) is 2.82. The minimum Gasteiger partial charge on any atom is -0.387 e. The van der Waals surface area contributed by atoms with Crippen molar-refractivity contribution >= 4 is 11.6 Å². The van der Waals surface area contributed by atoms with Gasteiger partial charge in [0.1, 0.15) is 0 Å². The van der Waals surface area contributed by atoms with Crippen LogP contribution in [0, 0.1) is 0 Å². The second-order valence-corrected chi connectivity index (χ2v) is 4.14. The minimum atomic E-state index is -0.552. The maximum absolute atomic E-state index is 9.82. The Morgan fingerprint density at radius 1 is 1.53 bits per heavy atom. The third-order valence-electron chi connectivity index (χ3n) is 2.51. The third kappa shape index (κ3) is 2.66. The second-order valence-electron chi connectivity index (χ2n) is 3.73. The number of aromatic nitrogens is 2. The molecule has 1 atom stereocenters. The summed E-state index contributed by atoms with van der Waals surface area (Å²) in [6, 6.07) is 7.30. The van der Waals surface area contributed by atoms with Crippen LogP contribution in [0.3, 0.4) is 0 Å². The average molecular weight is 252 g/mol. The number of nitrogens with zero attached hydrogens (tertiary/aromatic N) is 2. The molecule has 0 fully saturated rings. The van der Waals surface area contributed by atoms with E-state index in [0.29, 0.717) is 11.6 Å². The van der Waals surface area contributed by atoms with E-state index in [1.54, 1.807) is 24.0 Å². The predicted octanol–water partition coefficient (Wildman–Crippen LogP) is 1.78. The monoisotopic (exact) mass is 251 g/mol. The number of rotatable bonds is 4. The molecule has 0 aliphatic carbocycles. The van der Waals surface area contributed by atoms with Gasteiger partial charge in [-0.1, -0.05) is 17.7 Å². The number of benzene rings is 1. The van der Waals surface area contributed by atoms with Gasteiger partial charge in [-0.2, -0.15) is 5.10 Å². The zero-order valence-corrected chi connectivity index (χ0v) is 10.2. The SMILES string of the molecule is CNCC(O)c1ccc(-n2cccn2)c(Cl)c1. The van der Waals surface area contributed by atoms with E-state index in [1.807, 2.05) is 24.4 Å². The first-order valence-electron chi connectivity index (χ1n) is 5.34. The fraction of sp³-hybridized carbons (Fsp3) is 0.250. The van der Waals surface area contributed by atoms with Crippen LogP contribution in [-0.4, -0.2) is 28.5 Å². The molecule has 5 heteroatoms. The van der Waals surface area contributed by atoms with Gasteiger partial charge in [-0.25, -0.2) is 4.68 Å². The summed E-state index contributed by atoms with van der Waals surface area (Å²) in [6.45, 7) is 0.497. The van der Waals surface area contributed by atoms with E-state index in [-0.39, 0.29) is 0 Å². The van der Waals surface area contributed by atoms with Crippen molar-refractivity contribution in [1.82, 2.24) is 15.1 Å². The van der Waals surface area contributed by atoms with Crippen LogP contribution in [0.15, 0.2) is 36.7 Å². The molecular formula is C12H14ClN3O. The number of aliphatic hydroxyl groups is 1. The molecule has 1 aromatic heterocycles. The van der Waals surface area contributed by atoms with Gasteiger partial charge in [-0.15, -0.1) is 0 Å². The standard InChI is InChI=1S/C12H14ClN3O/c1-14-8-12(17)9-3-4-11(10(13)7-9)16-6-2-5-15-16/h2-7,12,14,17H,8H2,1H3. The van der Waals surface area contributed by atoms with Crippen molar-refractivity contribution in [3.8, 4) is 5.69 Å². The summed E-state index contributed by atoms with van der Waals surface area (Å²) >= 11 is 6.17. The zero-order chi connectivity index (χ0) is 12.3. The summed E-state index contributed by atoms with van der Waals surface area (Å²) in [7, 11) is 1.79. The summed E-state index contributed by atoms with van der Waals surface area (Å²) in [5.41, 5.74) is 1.59. The number of hydrogen-bond donors (Lipinski definition) is 2. The van der Waals surface area contributed by atoms with Gasteiger partial charge in [0.05, 0.1) is 16.8 Å². The molecule has 1 unspecified atom stereocenters. The van der Waals surface area contributed by atoms with Gasteiger partial charge in [0.15, 0.2) is 0 Å². The molecule has 1 heterocycles. The fourth-order valence-electron chi connectivity index (χ4n) is 1.64. The maximum atomic E-state index is 9.82. The topological polar surface area (TPSA) is 50.1 Å². The summed E-state index contributed by atoms with van der Waals surface area (Å²) in [6.07, 6.45) is 2.97. The second kappa shape index (κ2) is 5.31. The molecular weight excluding hydrogens is 238 g/mol. The number of halogens is 1. The zero-order valence-electron chi connectivity index (χ0n) is 9.47. The lowest BCUT2D eigenvalue weighted by Gasteiger charge is -2.12. The lowest BCUT2D eigenvalue weighted by Crippen LogP contribution is -2.16. The molecule has 0 radical (unpaired) electrons. The normalized spacial score (nSPS) is 12.6. The Morgan fingerprint density at radius 2 is 2.35 bits per heavy atom. The highest BCUT2D eigenvalue weighted by molar-refractivity contribution is 6.32. The smallest absolute Gasteiger partial charge is 0.0914 e. The lowest BCUT2D eigenvalue weighted by molar-refractivity contribution is 0.178. The molecule has 0 aliphatic rings. The van der Waals surface area contributed by atoms with Crippen molar-refractivity contribution in [1.29, 1.82) is 0 Å². The predicted molar refractivity (Wildman–Crippen MR) is 67.5 cm³/mol. The summed E-state index contributed by atoms with van der Waals surface area (Å²) in [5.74, 6) is 0. The van der Waals surface area contributed by atoms with E-state index in [4.69, 9.17) is 11.6 Å². The van der Waals surface area contributed by atoms with Crippen molar-refractivity contribution in [2.75, 3.05) is 13.6 Å². The van der Waals surface area contributed by atoms with Gasteiger partial charge < -0.3 is 10.4 Å². The third-order valence-corrected chi connectivity index (χ3v) is 2.81. The van der Waals surface area contributed by atoms with Gasteiger partial charge in [-0.05, 0) is 30.8 Å². The van der Waals surface area contributed by atoms with Crippen molar-refractivity contribution in [3.05, 3.63) is 47.2 Å². The molecule has 4 nitrogen and oxygen atoms in total. The Bertz CT molecular complexity index is 485.